The molecule has 0 bridgehead atoms. The van der Waals surface area contributed by atoms with Crippen molar-refractivity contribution in [2.24, 2.45) is 10.9 Å². The zero-order chi connectivity index (χ0) is 13.8. The summed E-state index contributed by atoms with van der Waals surface area (Å²) in [5.74, 6) is 1.84. The van der Waals surface area contributed by atoms with Crippen molar-refractivity contribution >= 4 is 28.3 Å². The van der Waals surface area contributed by atoms with E-state index >= 15 is 0 Å². The van der Waals surface area contributed by atoms with Crippen LogP contribution in [0.5, 0.6) is 0 Å². The lowest BCUT2D eigenvalue weighted by Gasteiger charge is -2.29. The summed E-state index contributed by atoms with van der Waals surface area (Å²) in [6, 6.07) is 8.60. The van der Waals surface area contributed by atoms with Gasteiger partial charge in [0.15, 0.2) is 5.17 Å². The highest BCUT2D eigenvalue weighted by atomic mass is 32.2. The highest BCUT2D eigenvalue weighted by molar-refractivity contribution is 8.14. The van der Waals surface area contributed by atoms with Crippen LogP contribution < -0.4 is 10.2 Å². The molecule has 2 heterocycles. The van der Waals surface area contributed by atoms with Crippen LogP contribution in [0.15, 0.2) is 29.3 Å². The number of ether oxygens (including phenoxy) is 1. The molecule has 0 saturated carbocycles. The number of benzene rings is 1. The number of morpholine rings is 1. The highest BCUT2D eigenvalue weighted by Crippen LogP contribution is 2.22. The second kappa shape index (κ2) is 6.50. The first-order valence-corrected chi connectivity index (χ1v) is 8.17. The molecule has 108 valence electrons. The predicted molar refractivity (Wildman–Crippen MR) is 87.0 cm³/mol. The second-order valence-electron chi connectivity index (χ2n) is 5.33. The van der Waals surface area contributed by atoms with Crippen LogP contribution >= 0.6 is 11.8 Å². The molecule has 1 aromatic carbocycles. The van der Waals surface area contributed by atoms with Gasteiger partial charge in [0.25, 0.3) is 0 Å². The van der Waals surface area contributed by atoms with Crippen molar-refractivity contribution in [2.75, 3.05) is 48.8 Å². The molecule has 0 amide bonds. The SMILES string of the molecule is CC1CN=C(Nc2ccc(N3CCOCC3)cc2)SC1. The molecule has 1 fully saturated rings. The number of hydrogen-bond acceptors (Lipinski definition) is 5. The molecule has 1 N–H and O–H groups in total. The third kappa shape index (κ3) is 3.46. The molecule has 1 atom stereocenters. The molecule has 4 nitrogen and oxygen atoms in total. The van der Waals surface area contributed by atoms with Crippen LogP contribution in [0.4, 0.5) is 11.4 Å². The maximum Gasteiger partial charge on any atom is 0.161 e. The zero-order valence-electron chi connectivity index (χ0n) is 11.8. The molecule has 2 aliphatic heterocycles. The lowest BCUT2D eigenvalue weighted by Crippen LogP contribution is -2.36. The van der Waals surface area contributed by atoms with Crippen molar-refractivity contribution in [3.63, 3.8) is 0 Å². The van der Waals surface area contributed by atoms with Crippen LogP contribution in [0.1, 0.15) is 6.92 Å². The number of thioether (sulfide) groups is 1. The quantitative estimate of drug-likeness (QED) is 0.909. The molecule has 1 aromatic rings. The number of amidine groups is 1. The fourth-order valence-electron chi connectivity index (χ4n) is 2.33. The van der Waals surface area contributed by atoms with E-state index in [0.29, 0.717) is 5.92 Å². The Hall–Kier alpha value is -1.20. The van der Waals surface area contributed by atoms with Gasteiger partial charge in [-0.05, 0) is 30.2 Å². The van der Waals surface area contributed by atoms with Crippen molar-refractivity contribution in [3.8, 4) is 0 Å². The summed E-state index contributed by atoms with van der Waals surface area (Å²) in [6.45, 7) is 6.78. The van der Waals surface area contributed by atoms with E-state index in [-0.39, 0.29) is 0 Å². The fourth-order valence-corrected chi connectivity index (χ4v) is 3.24. The van der Waals surface area contributed by atoms with Gasteiger partial charge in [-0.25, -0.2) is 0 Å². The first kappa shape index (κ1) is 13.8. The van der Waals surface area contributed by atoms with E-state index in [0.717, 1.165) is 49.5 Å². The summed E-state index contributed by atoms with van der Waals surface area (Å²) >= 11 is 1.81. The Kier molecular flexibility index (Phi) is 4.47. The van der Waals surface area contributed by atoms with Crippen LogP contribution in [-0.4, -0.2) is 43.8 Å². The Bertz CT molecular complexity index is 469. The first-order valence-electron chi connectivity index (χ1n) is 7.18. The standard InChI is InChI=1S/C15H21N3OS/c1-12-10-16-15(20-11-12)17-13-2-4-14(5-3-13)18-6-8-19-9-7-18/h2-5,12H,6-11H2,1H3,(H,16,17). The van der Waals surface area contributed by atoms with Crippen molar-refractivity contribution in [2.45, 2.75) is 6.92 Å². The second-order valence-corrected chi connectivity index (χ2v) is 6.34. The Morgan fingerprint density at radius 2 is 2.00 bits per heavy atom. The maximum atomic E-state index is 5.38. The van der Waals surface area contributed by atoms with Crippen LogP contribution in [0.25, 0.3) is 0 Å². The average Bonchev–Trinajstić information content (AvgIpc) is 2.51. The summed E-state index contributed by atoms with van der Waals surface area (Å²) in [5, 5.41) is 4.45. The minimum Gasteiger partial charge on any atom is -0.378 e. The molecule has 5 heteroatoms. The predicted octanol–water partition coefficient (Wildman–Crippen LogP) is 2.67. The number of hydrogen-bond donors (Lipinski definition) is 1. The van der Waals surface area contributed by atoms with E-state index < -0.39 is 0 Å². The summed E-state index contributed by atoms with van der Waals surface area (Å²) in [6.07, 6.45) is 0. The van der Waals surface area contributed by atoms with Crippen molar-refractivity contribution in [1.82, 2.24) is 0 Å². The van der Waals surface area contributed by atoms with Gasteiger partial charge in [0.05, 0.1) is 13.2 Å². The molecule has 0 aliphatic carbocycles. The van der Waals surface area contributed by atoms with Gasteiger partial charge in [0.2, 0.25) is 0 Å². The minimum absolute atomic E-state index is 0.689. The lowest BCUT2D eigenvalue weighted by molar-refractivity contribution is 0.122. The van der Waals surface area contributed by atoms with E-state index in [4.69, 9.17) is 4.74 Å². The Balaban J connectivity index is 1.61. The largest absolute Gasteiger partial charge is 0.378 e. The minimum atomic E-state index is 0.689. The molecule has 2 aliphatic rings. The number of nitrogens with one attached hydrogen (secondary N) is 1. The average molecular weight is 291 g/mol. The van der Waals surface area contributed by atoms with Crippen molar-refractivity contribution in [3.05, 3.63) is 24.3 Å². The molecule has 20 heavy (non-hydrogen) atoms. The number of nitrogens with zero attached hydrogens (tertiary/aromatic N) is 2. The molecule has 0 aromatic heterocycles. The number of rotatable bonds is 2. The molecular formula is C15H21N3OS. The molecule has 1 saturated heterocycles. The highest BCUT2D eigenvalue weighted by Gasteiger charge is 2.13. The fraction of sp³-hybridized carbons (Fsp3) is 0.533. The van der Waals surface area contributed by atoms with Gasteiger partial charge in [-0.3, -0.25) is 4.99 Å². The number of aliphatic imine (C=N–C) groups is 1. The Labute approximate surface area is 124 Å². The van der Waals surface area contributed by atoms with E-state index in [9.17, 15) is 0 Å². The summed E-state index contributed by atoms with van der Waals surface area (Å²) in [7, 11) is 0. The third-order valence-electron chi connectivity index (χ3n) is 3.55. The maximum absolute atomic E-state index is 5.38. The third-order valence-corrected chi connectivity index (χ3v) is 4.79. The molecule has 0 radical (unpaired) electrons. The molecule has 3 rings (SSSR count). The van der Waals surface area contributed by atoms with Gasteiger partial charge in [-0.2, -0.15) is 0 Å². The van der Waals surface area contributed by atoms with Crippen LogP contribution in [0.2, 0.25) is 0 Å². The van der Waals surface area contributed by atoms with E-state index in [2.05, 4.69) is 46.4 Å². The topological polar surface area (TPSA) is 36.9 Å². The van der Waals surface area contributed by atoms with Gasteiger partial charge in [-0.1, -0.05) is 18.7 Å². The van der Waals surface area contributed by atoms with Crippen molar-refractivity contribution in [1.29, 1.82) is 0 Å². The normalized spacial score (nSPS) is 23.4. The van der Waals surface area contributed by atoms with Gasteiger partial charge in [0.1, 0.15) is 0 Å². The molecule has 0 spiro atoms. The number of anilines is 2. The molecule has 1 unspecified atom stereocenters. The molecular weight excluding hydrogens is 270 g/mol. The smallest absolute Gasteiger partial charge is 0.161 e. The van der Waals surface area contributed by atoms with Gasteiger partial charge < -0.3 is 15.0 Å². The van der Waals surface area contributed by atoms with Gasteiger partial charge in [0, 0.05) is 36.8 Å². The van der Waals surface area contributed by atoms with Crippen LogP contribution in [-0.2, 0) is 4.74 Å². The van der Waals surface area contributed by atoms with Crippen LogP contribution in [0, 0.1) is 5.92 Å². The Morgan fingerprint density at radius 3 is 2.65 bits per heavy atom. The monoisotopic (exact) mass is 291 g/mol. The van der Waals surface area contributed by atoms with Crippen LogP contribution in [0.3, 0.4) is 0 Å². The zero-order valence-corrected chi connectivity index (χ0v) is 12.7. The van der Waals surface area contributed by atoms with E-state index in [1.54, 1.807) is 0 Å². The Morgan fingerprint density at radius 1 is 1.25 bits per heavy atom. The van der Waals surface area contributed by atoms with Gasteiger partial charge >= 0.3 is 0 Å². The first-order chi connectivity index (χ1) is 9.81. The van der Waals surface area contributed by atoms with E-state index in [1.165, 1.54) is 5.69 Å². The lowest BCUT2D eigenvalue weighted by atomic mass is 10.2. The van der Waals surface area contributed by atoms with Crippen molar-refractivity contribution < 1.29 is 4.74 Å². The summed E-state index contributed by atoms with van der Waals surface area (Å²) < 4.78 is 5.38. The summed E-state index contributed by atoms with van der Waals surface area (Å²) in [4.78, 5) is 6.92. The van der Waals surface area contributed by atoms with E-state index in [1.807, 2.05) is 11.8 Å². The van der Waals surface area contributed by atoms with Gasteiger partial charge in [-0.15, -0.1) is 0 Å². The summed E-state index contributed by atoms with van der Waals surface area (Å²) in [5.41, 5.74) is 2.38.